The first-order chi connectivity index (χ1) is 13.4. The van der Waals surface area contributed by atoms with E-state index in [4.69, 9.17) is 4.98 Å². The van der Waals surface area contributed by atoms with Crippen LogP contribution >= 0.6 is 0 Å². The summed E-state index contributed by atoms with van der Waals surface area (Å²) in [5.74, 6) is 1.11. The van der Waals surface area contributed by atoms with E-state index in [1.807, 2.05) is 0 Å². The van der Waals surface area contributed by atoms with Crippen LogP contribution in [0.3, 0.4) is 0 Å². The third kappa shape index (κ3) is 3.11. The Balaban J connectivity index is 1.58. The van der Waals surface area contributed by atoms with Crippen molar-refractivity contribution < 1.29 is 0 Å². The minimum atomic E-state index is 0.827. The van der Waals surface area contributed by atoms with Gasteiger partial charge in [-0.1, -0.05) is 78.9 Å². The maximum atomic E-state index is 4.93. The number of rotatable bonds is 4. The maximum Gasteiger partial charge on any atom is 0.114 e. The summed E-state index contributed by atoms with van der Waals surface area (Å²) >= 11 is 0. The lowest BCUT2D eigenvalue weighted by molar-refractivity contribution is 0.763. The number of hydrogen-bond acceptors (Lipinski definition) is 1. The Labute approximate surface area is 158 Å². The van der Waals surface area contributed by atoms with Gasteiger partial charge in [0.1, 0.15) is 5.82 Å². The van der Waals surface area contributed by atoms with Crippen molar-refractivity contribution in [3.05, 3.63) is 114 Å². The van der Waals surface area contributed by atoms with Crippen LogP contribution in [0.25, 0.3) is 21.8 Å². The molecule has 0 saturated carbocycles. The molecule has 0 amide bonds. The summed E-state index contributed by atoms with van der Waals surface area (Å²) in [5, 5.41) is 2.56. The molecule has 5 rings (SSSR count). The van der Waals surface area contributed by atoms with Gasteiger partial charge in [0.15, 0.2) is 0 Å². The predicted octanol–water partition coefficient (Wildman–Crippen LogP) is 5.83. The molecule has 0 atom stereocenters. The van der Waals surface area contributed by atoms with Crippen LogP contribution in [0, 0.1) is 0 Å². The van der Waals surface area contributed by atoms with Gasteiger partial charge < -0.3 is 4.57 Å². The Morgan fingerprint density at radius 2 is 1.37 bits per heavy atom. The van der Waals surface area contributed by atoms with E-state index in [-0.39, 0.29) is 0 Å². The first-order valence-electron chi connectivity index (χ1n) is 9.32. The predicted molar refractivity (Wildman–Crippen MR) is 112 cm³/mol. The van der Waals surface area contributed by atoms with Gasteiger partial charge in [-0.15, -0.1) is 0 Å². The fraction of sp³-hybridized carbons (Fsp3) is 0.0800. The molecule has 130 valence electrons. The van der Waals surface area contributed by atoms with Crippen LogP contribution in [-0.4, -0.2) is 9.55 Å². The van der Waals surface area contributed by atoms with Gasteiger partial charge in [-0.25, -0.2) is 4.98 Å². The van der Waals surface area contributed by atoms with Crippen LogP contribution in [0.5, 0.6) is 0 Å². The number of hydrogen-bond donors (Lipinski definition) is 0. The van der Waals surface area contributed by atoms with E-state index in [9.17, 15) is 0 Å². The monoisotopic (exact) mass is 348 g/mol. The third-order valence-corrected chi connectivity index (χ3v) is 5.09. The van der Waals surface area contributed by atoms with E-state index in [1.54, 1.807) is 0 Å². The normalized spacial score (nSPS) is 11.3. The second-order valence-corrected chi connectivity index (χ2v) is 6.95. The SMILES string of the molecule is c1ccc(Cc2nc3ccccc3n2Cc2ccc3ccccc3c2)cc1. The van der Waals surface area contributed by atoms with Gasteiger partial charge in [0.05, 0.1) is 11.0 Å². The van der Waals surface area contributed by atoms with Gasteiger partial charge in [-0.2, -0.15) is 0 Å². The van der Waals surface area contributed by atoms with E-state index in [1.165, 1.54) is 27.4 Å². The first kappa shape index (κ1) is 15.8. The van der Waals surface area contributed by atoms with E-state index >= 15 is 0 Å². The Morgan fingerprint density at radius 1 is 0.630 bits per heavy atom. The van der Waals surface area contributed by atoms with E-state index in [0.717, 1.165) is 24.3 Å². The van der Waals surface area contributed by atoms with Crippen molar-refractivity contribution in [2.75, 3.05) is 0 Å². The molecule has 2 nitrogen and oxygen atoms in total. The molecule has 0 saturated heterocycles. The zero-order valence-corrected chi connectivity index (χ0v) is 15.0. The lowest BCUT2D eigenvalue weighted by atomic mass is 10.1. The number of fused-ring (bicyclic) bond motifs is 2. The standard InChI is InChI=1S/C25H20N2/c1-2-8-19(9-3-1)17-25-26-23-12-6-7-13-24(23)27(25)18-20-14-15-21-10-4-5-11-22(21)16-20/h1-16H,17-18H2. The highest BCUT2D eigenvalue weighted by atomic mass is 15.1. The molecular weight excluding hydrogens is 328 g/mol. The summed E-state index contributed by atoms with van der Waals surface area (Å²) in [6.07, 6.45) is 0.836. The number of benzene rings is 4. The Kier molecular flexibility index (Phi) is 3.95. The van der Waals surface area contributed by atoms with E-state index in [2.05, 4.69) is 102 Å². The highest BCUT2D eigenvalue weighted by Gasteiger charge is 2.11. The van der Waals surface area contributed by atoms with Crippen molar-refractivity contribution in [1.82, 2.24) is 9.55 Å². The van der Waals surface area contributed by atoms with Gasteiger partial charge in [-0.3, -0.25) is 0 Å². The Morgan fingerprint density at radius 3 is 2.26 bits per heavy atom. The van der Waals surface area contributed by atoms with Crippen molar-refractivity contribution in [1.29, 1.82) is 0 Å². The lowest BCUT2D eigenvalue weighted by Crippen LogP contribution is -2.06. The second-order valence-electron chi connectivity index (χ2n) is 6.95. The van der Waals surface area contributed by atoms with Crippen molar-refractivity contribution in [3.8, 4) is 0 Å². The number of nitrogens with zero attached hydrogens (tertiary/aromatic N) is 2. The molecule has 0 N–H and O–H groups in total. The van der Waals surface area contributed by atoms with Crippen LogP contribution in [0.2, 0.25) is 0 Å². The highest BCUT2D eigenvalue weighted by Crippen LogP contribution is 2.22. The molecule has 2 heteroatoms. The molecule has 4 aromatic carbocycles. The summed E-state index contributed by atoms with van der Waals surface area (Å²) in [7, 11) is 0. The first-order valence-corrected chi connectivity index (χ1v) is 9.32. The molecule has 5 aromatic rings. The molecule has 1 aromatic heterocycles. The average molecular weight is 348 g/mol. The van der Waals surface area contributed by atoms with Crippen LogP contribution in [0.15, 0.2) is 97.1 Å². The van der Waals surface area contributed by atoms with Crippen LogP contribution in [0.1, 0.15) is 17.0 Å². The largest absolute Gasteiger partial charge is 0.323 e. The molecule has 0 spiro atoms. The van der Waals surface area contributed by atoms with Crippen LogP contribution in [-0.2, 0) is 13.0 Å². The maximum absolute atomic E-state index is 4.93. The molecule has 0 aliphatic rings. The molecule has 0 bridgehead atoms. The lowest BCUT2D eigenvalue weighted by Gasteiger charge is -2.11. The summed E-state index contributed by atoms with van der Waals surface area (Å²) < 4.78 is 2.35. The summed E-state index contributed by atoms with van der Waals surface area (Å²) in [6, 6.07) is 34.2. The third-order valence-electron chi connectivity index (χ3n) is 5.09. The topological polar surface area (TPSA) is 17.8 Å². The van der Waals surface area contributed by atoms with Gasteiger partial charge in [0.25, 0.3) is 0 Å². The van der Waals surface area contributed by atoms with Gasteiger partial charge in [0, 0.05) is 13.0 Å². The minimum absolute atomic E-state index is 0.827. The van der Waals surface area contributed by atoms with Gasteiger partial charge in [-0.05, 0) is 40.1 Å². The number of aromatic nitrogens is 2. The van der Waals surface area contributed by atoms with Crippen LogP contribution < -0.4 is 0 Å². The summed E-state index contributed by atoms with van der Waals surface area (Å²) in [5.41, 5.74) is 4.83. The fourth-order valence-corrected chi connectivity index (χ4v) is 3.73. The van der Waals surface area contributed by atoms with Crippen molar-refractivity contribution in [3.63, 3.8) is 0 Å². The Bertz CT molecular complexity index is 1220. The van der Waals surface area contributed by atoms with E-state index < -0.39 is 0 Å². The number of para-hydroxylation sites is 2. The quantitative estimate of drug-likeness (QED) is 0.400. The van der Waals surface area contributed by atoms with Gasteiger partial charge in [0.2, 0.25) is 0 Å². The molecule has 0 fully saturated rings. The molecule has 27 heavy (non-hydrogen) atoms. The van der Waals surface area contributed by atoms with Crippen LogP contribution in [0.4, 0.5) is 0 Å². The highest BCUT2D eigenvalue weighted by molar-refractivity contribution is 5.83. The Hall–Kier alpha value is -3.39. The molecule has 1 heterocycles. The fourth-order valence-electron chi connectivity index (χ4n) is 3.73. The number of imidazole rings is 1. The van der Waals surface area contributed by atoms with Crippen molar-refractivity contribution >= 4 is 21.8 Å². The molecule has 0 aliphatic heterocycles. The van der Waals surface area contributed by atoms with Gasteiger partial charge >= 0.3 is 0 Å². The molecule has 0 unspecified atom stereocenters. The minimum Gasteiger partial charge on any atom is -0.323 e. The smallest absolute Gasteiger partial charge is 0.114 e. The molecule has 0 aliphatic carbocycles. The summed E-state index contributed by atoms with van der Waals surface area (Å²) in [4.78, 5) is 4.93. The molecular formula is C25H20N2. The zero-order chi connectivity index (χ0) is 18.1. The van der Waals surface area contributed by atoms with E-state index in [0.29, 0.717) is 0 Å². The second kappa shape index (κ2) is 6.73. The zero-order valence-electron chi connectivity index (χ0n) is 15.0. The average Bonchev–Trinajstić information content (AvgIpc) is 3.06. The molecule has 0 radical (unpaired) electrons. The van der Waals surface area contributed by atoms with Crippen molar-refractivity contribution in [2.24, 2.45) is 0 Å². The summed E-state index contributed by atoms with van der Waals surface area (Å²) in [6.45, 7) is 0.827. The van der Waals surface area contributed by atoms with Crippen molar-refractivity contribution in [2.45, 2.75) is 13.0 Å².